The van der Waals surface area contributed by atoms with Crippen LogP contribution in [0.15, 0.2) is 0 Å². The van der Waals surface area contributed by atoms with Crippen LogP contribution in [-0.2, 0) is 0 Å². The van der Waals surface area contributed by atoms with Crippen molar-refractivity contribution in [3.8, 4) is 0 Å². The lowest BCUT2D eigenvalue weighted by Crippen LogP contribution is -2.57. The van der Waals surface area contributed by atoms with Gasteiger partial charge in [0.25, 0.3) is 0 Å². The van der Waals surface area contributed by atoms with E-state index < -0.39 is 5.54 Å². The van der Waals surface area contributed by atoms with Gasteiger partial charge in [0, 0.05) is 6.54 Å². The summed E-state index contributed by atoms with van der Waals surface area (Å²) in [5, 5.41) is 12.7. The van der Waals surface area contributed by atoms with Crippen molar-refractivity contribution >= 4 is 11.9 Å². The minimum Gasteiger partial charge on any atom is -0.386 e. The first-order valence-electron chi connectivity index (χ1n) is 4.86. The van der Waals surface area contributed by atoms with Crippen molar-refractivity contribution in [2.24, 2.45) is 5.73 Å². The second kappa shape index (κ2) is 5.47. The second-order valence-corrected chi connectivity index (χ2v) is 3.48. The van der Waals surface area contributed by atoms with Crippen LogP contribution in [0.2, 0.25) is 0 Å². The van der Waals surface area contributed by atoms with Gasteiger partial charge in [-0.3, -0.25) is 5.41 Å². The largest absolute Gasteiger partial charge is 0.386 e. The number of urea groups is 1. The molecule has 0 fully saturated rings. The Hall–Kier alpha value is -1.26. The van der Waals surface area contributed by atoms with Gasteiger partial charge in [0.1, 0.15) is 5.84 Å². The van der Waals surface area contributed by atoms with Crippen molar-refractivity contribution < 1.29 is 4.79 Å². The van der Waals surface area contributed by atoms with E-state index in [4.69, 9.17) is 11.1 Å². The third-order valence-corrected chi connectivity index (χ3v) is 2.23. The van der Waals surface area contributed by atoms with E-state index in [1.807, 2.05) is 13.8 Å². The fourth-order valence-electron chi connectivity index (χ4n) is 0.879. The zero-order chi connectivity index (χ0) is 11.2. The third kappa shape index (κ3) is 3.64. The molecule has 0 bridgehead atoms. The highest BCUT2D eigenvalue weighted by molar-refractivity contribution is 5.91. The highest BCUT2D eigenvalue weighted by Crippen LogP contribution is 2.07. The van der Waals surface area contributed by atoms with E-state index in [1.165, 1.54) is 0 Å². The van der Waals surface area contributed by atoms with E-state index in [2.05, 4.69) is 10.6 Å². The fourth-order valence-corrected chi connectivity index (χ4v) is 0.879. The van der Waals surface area contributed by atoms with Gasteiger partial charge in [0.15, 0.2) is 0 Å². The Balaban J connectivity index is 4.18. The van der Waals surface area contributed by atoms with Crippen LogP contribution in [0.4, 0.5) is 4.79 Å². The van der Waals surface area contributed by atoms with Crippen LogP contribution in [0, 0.1) is 5.41 Å². The molecule has 5 heteroatoms. The van der Waals surface area contributed by atoms with Gasteiger partial charge >= 0.3 is 6.03 Å². The zero-order valence-electron chi connectivity index (χ0n) is 9.11. The Morgan fingerprint density at radius 2 is 2.07 bits per heavy atom. The minimum absolute atomic E-state index is 0.0216. The lowest BCUT2D eigenvalue weighted by atomic mass is 9.98. The van der Waals surface area contributed by atoms with Gasteiger partial charge in [-0.1, -0.05) is 13.8 Å². The average Bonchev–Trinajstić information content (AvgIpc) is 2.14. The molecule has 0 radical (unpaired) electrons. The van der Waals surface area contributed by atoms with E-state index in [9.17, 15) is 4.79 Å². The molecule has 0 saturated heterocycles. The topological polar surface area (TPSA) is 91.0 Å². The molecule has 82 valence electrons. The summed E-state index contributed by atoms with van der Waals surface area (Å²) in [6, 6.07) is -0.272. The summed E-state index contributed by atoms with van der Waals surface area (Å²) < 4.78 is 0. The number of amides is 2. The molecular formula is C9H20N4O. The number of nitrogens with one attached hydrogen (secondary N) is 3. The minimum atomic E-state index is -0.738. The molecule has 0 aromatic heterocycles. The molecule has 0 heterocycles. The number of amidine groups is 1. The molecule has 0 rings (SSSR count). The van der Waals surface area contributed by atoms with Gasteiger partial charge in [-0.05, 0) is 19.8 Å². The summed E-state index contributed by atoms with van der Waals surface area (Å²) in [5.41, 5.74) is 4.66. The van der Waals surface area contributed by atoms with Crippen molar-refractivity contribution in [1.29, 1.82) is 5.41 Å². The van der Waals surface area contributed by atoms with E-state index >= 15 is 0 Å². The number of carbonyl (C=O) groups excluding carboxylic acids is 1. The van der Waals surface area contributed by atoms with Crippen LogP contribution in [0.1, 0.15) is 33.6 Å². The van der Waals surface area contributed by atoms with E-state index in [0.29, 0.717) is 13.0 Å². The molecule has 0 aliphatic rings. The van der Waals surface area contributed by atoms with Crippen LogP contribution >= 0.6 is 0 Å². The van der Waals surface area contributed by atoms with Crippen molar-refractivity contribution in [1.82, 2.24) is 10.6 Å². The number of rotatable bonds is 5. The number of nitrogens with two attached hydrogens (primary N) is 1. The van der Waals surface area contributed by atoms with Crippen molar-refractivity contribution in [3.05, 3.63) is 0 Å². The summed E-state index contributed by atoms with van der Waals surface area (Å²) in [4.78, 5) is 11.3. The summed E-state index contributed by atoms with van der Waals surface area (Å²) in [6.45, 7) is 6.22. The van der Waals surface area contributed by atoms with E-state index in [1.54, 1.807) is 6.92 Å². The van der Waals surface area contributed by atoms with E-state index in [0.717, 1.165) is 6.42 Å². The predicted octanol–water partition coefficient (Wildman–Crippen LogP) is 0.800. The smallest absolute Gasteiger partial charge is 0.315 e. The maximum absolute atomic E-state index is 11.3. The summed E-state index contributed by atoms with van der Waals surface area (Å²) in [7, 11) is 0. The predicted molar refractivity (Wildman–Crippen MR) is 57.4 cm³/mol. The standard InChI is InChI=1S/C9H20N4O/c1-4-6-12-8(14)13-9(3,5-2)7(10)11/h4-6H2,1-3H3,(H3,10,11)(H2,12,13,14). The summed E-state index contributed by atoms with van der Waals surface area (Å²) >= 11 is 0. The van der Waals surface area contributed by atoms with Gasteiger partial charge in [-0.2, -0.15) is 0 Å². The fraction of sp³-hybridized carbons (Fsp3) is 0.778. The SMILES string of the molecule is CCCNC(=O)NC(C)(CC)C(=N)N. The van der Waals surface area contributed by atoms with Gasteiger partial charge in [0.05, 0.1) is 5.54 Å². The molecule has 5 nitrogen and oxygen atoms in total. The maximum Gasteiger partial charge on any atom is 0.315 e. The van der Waals surface area contributed by atoms with Crippen molar-refractivity contribution in [2.45, 2.75) is 39.2 Å². The van der Waals surface area contributed by atoms with Gasteiger partial charge in [-0.15, -0.1) is 0 Å². The van der Waals surface area contributed by atoms with Crippen molar-refractivity contribution in [3.63, 3.8) is 0 Å². The lowest BCUT2D eigenvalue weighted by Gasteiger charge is -2.28. The molecule has 0 aromatic rings. The molecule has 1 atom stereocenters. The number of carbonyl (C=O) groups is 1. The molecule has 1 unspecified atom stereocenters. The molecule has 0 aliphatic heterocycles. The van der Waals surface area contributed by atoms with Crippen LogP contribution in [-0.4, -0.2) is 24.0 Å². The molecule has 5 N–H and O–H groups in total. The third-order valence-electron chi connectivity index (χ3n) is 2.23. The first-order valence-corrected chi connectivity index (χ1v) is 4.86. The molecule has 2 amide bonds. The van der Waals surface area contributed by atoms with Crippen LogP contribution < -0.4 is 16.4 Å². The number of hydrogen-bond donors (Lipinski definition) is 4. The number of hydrogen-bond acceptors (Lipinski definition) is 2. The first-order chi connectivity index (χ1) is 6.46. The highest BCUT2D eigenvalue weighted by Gasteiger charge is 2.27. The molecule has 0 aliphatic carbocycles. The average molecular weight is 200 g/mol. The lowest BCUT2D eigenvalue weighted by molar-refractivity contribution is 0.233. The Morgan fingerprint density at radius 3 is 2.43 bits per heavy atom. The highest BCUT2D eigenvalue weighted by atomic mass is 16.2. The van der Waals surface area contributed by atoms with Crippen LogP contribution in [0.5, 0.6) is 0 Å². The van der Waals surface area contributed by atoms with Gasteiger partial charge in [0.2, 0.25) is 0 Å². The zero-order valence-corrected chi connectivity index (χ0v) is 9.11. The van der Waals surface area contributed by atoms with Gasteiger partial charge < -0.3 is 16.4 Å². The Labute approximate surface area is 84.9 Å². The Bertz CT molecular complexity index is 217. The molecular weight excluding hydrogens is 180 g/mol. The summed E-state index contributed by atoms with van der Waals surface area (Å²) in [5.74, 6) is -0.0216. The Morgan fingerprint density at radius 1 is 1.50 bits per heavy atom. The quantitative estimate of drug-likeness (QED) is 0.390. The second-order valence-electron chi connectivity index (χ2n) is 3.48. The molecule has 14 heavy (non-hydrogen) atoms. The summed E-state index contributed by atoms with van der Waals surface area (Å²) in [6.07, 6.45) is 1.48. The monoisotopic (exact) mass is 200 g/mol. The molecule has 0 saturated carbocycles. The van der Waals surface area contributed by atoms with Gasteiger partial charge in [-0.25, -0.2) is 4.79 Å². The van der Waals surface area contributed by atoms with Crippen molar-refractivity contribution in [2.75, 3.05) is 6.54 Å². The normalized spacial score (nSPS) is 14.2. The van der Waals surface area contributed by atoms with E-state index in [-0.39, 0.29) is 11.9 Å². The maximum atomic E-state index is 11.3. The molecule has 0 aromatic carbocycles. The van der Waals surface area contributed by atoms with Crippen LogP contribution in [0.3, 0.4) is 0 Å². The molecule has 0 spiro atoms. The Kier molecular flexibility index (Phi) is 4.97. The first kappa shape index (κ1) is 12.7. The van der Waals surface area contributed by atoms with Crippen LogP contribution in [0.25, 0.3) is 0 Å².